The lowest BCUT2D eigenvalue weighted by molar-refractivity contribution is 0.103. The number of carbonyl (C=O) groups is 1. The Morgan fingerprint density at radius 1 is 0.947 bits per heavy atom. The number of nitrogens with one attached hydrogen (secondary N) is 1. The van der Waals surface area contributed by atoms with Gasteiger partial charge in [0.05, 0.1) is 5.69 Å². The average molecular weight is 290 g/mol. The predicted molar refractivity (Wildman–Crippen MR) is 78.2 cm³/mol. The zero-order valence-electron chi connectivity index (χ0n) is 9.78. The van der Waals surface area contributed by atoms with Gasteiger partial charge >= 0.3 is 0 Å². The van der Waals surface area contributed by atoms with Crippen LogP contribution in [0.25, 0.3) is 10.9 Å². The van der Waals surface area contributed by atoms with Gasteiger partial charge in [-0.05, 0) is 36.4 Å². The van der Waals surface area contributed by atoms with Crippen molar-refractivity contribution in [1.29, 1.82) is 0 Å². The van der Waals surface area contributed by atoms with Crippen molar-refractivity contribution in [3.05, 3.63) is 69.8 Å². The number of hydrogen-bond donors (Lipinski definition) is 1. The van der Waals surface area contributed by atoms with Gasteiger partial charge in [0, 0.05) is 26.5 Å². The molecule has 1 heterocycles. The summed E-state index contributed by atoms with van der Waals surface area (Å²) in [6.07, 6.45) is 0. The Kier molecular flexibility index (Phi) is 3.05. The van der Waals surface area contributed by atoms with Gasteiger partial charge < -0.3 is 4.98 Å². The highest BCUT2D eigenvalue weighted by atomic mass is 35.5. The van der Waals surface area contributed by atoms with Gasteiger partial charge in [0.2, 0.25) is 5.78 Å². The second-order valence-electron chi connectivity index (χ2n) is 4.25. The average Bonchev–Trinajstić information content (AvgIpc) is 2.80. The topological polar surface area (TPSA) is 32.9 Å². The molecule has 0 bridgehead atoms. The fourth-order valence-corrected chi connectivity index (χ4v) is 2.38. The zero-order valence-corrected chi connectivity index (χ0v) is 11.3. The van der Waals surface area contributed by atoms with Crippen molar-refractivity contribution < 1.29 is 4.79 Å². The van der Waals surface area contributed by atoms with E-state index in [-0.39, 0.29) is 5.78 Å². The third-order valence-electron chi connectivity index (χ3n) is 2.91. The monoisotopic (exact) mass is 289 g/mol. The largest absolute Gasteiger partial charge is 0.352 e. The van der Waals surface area contributed by atoms with E-state index in [9.17, 15) is 4.79 Å². The minimum absolute atomic E-state index is 0.0881. The number of H-pyrrole nitrogens is 1. The van der Waals surface area contributed by atoms with Crippen molar-refractivity contribution in [1.82, 2.24) is 4.98 Å². The molecule has 0 atom stereocenters. The molecule has 2 aromatic carbocycles. The van der Waals surface area contributed by atoms with Crippen LogP contribution in [-0.4, -0.2) is 10.8 Å². The summed E-state index contributed by atoms with van der Waals surface area (Å²) in [7, 11) is 0. The van der Waals surface area contributed by atoms with Crippen molar-refractivity contribution >= 4 is 39.9 Å². The molecule has 3 rings (SSSR count). The minimum Gasteiger partial charge on any atom is -0.352 e. The Balaban J connectivity index is 2.06. The van der Waals surface area contributed by atoms with Crippen molar-refractivity contribution in [2.45, 2.75) is 0 Å². The molecule has 4 heteroatoms. The summed E-state index contributed by atoms with van der Waals surface area (Å²) in [6.45, 7) is 0. The van der Waals surface area contributed by atoms with Gasteiger partial charge in [-0.15, -0.1) is 0 Å². The Hall–Kier alpha value is -1.77. The highest BCUT2D eigenvalue weighted by Crippen LogP contribution is 2.22. The SMILES string of the molecule is O=C(c1cccc(Cl)c1)c1cc2cc(Cl)ccc2[nH]1. The molecule has 2 nitrogen and oxygen atoms in total. The highest BCUT2D eigenvalue weighted by molar-refractivity contribution is 6.31. The summed E-state index contributed by atoms with van der Waals surface area (Å²) in [4.78, 5) is 15.4. The molecule has 3 aromatic rings. The molecule has 0 fully saturated rings. The van der Waals surface area contributed by atoms with E-state index in [2.05, 4.69) is 4.98 Å². The normalized spacial score (nSPS) is 10.8. The van der Waals surface area contributed by atoms with E-state index in [0.29, 0.717) is 21.3 Å². The van der Waals surface area contributed by atoms with E-state index in [1.165, 1.54) is 0 Å². The van der Waals surface area contributed by atoms with Gasteiger partial charge in [0.15, 0.2) is 0 Å². The molecule has 0 aliphatic carbocycles. The Morgan fingerprint density at radius 2 is 1.74 bits per heavy atom. The maximum Gasteiger partial charge on any atom is 0.209 e. The number of ketones is 1. The van der Waals surface area contributed by atoms with Crippen LogP contribution in [0.15, 0.2) is 48.5 Å². The van der Waals surface area contributed by atoms with Crippen LogP contribution in [0.1, 0.15) is 16.1 Å². The van der Waals surface area contributed by atoms with E-state index in [1.807, 2.05) is 12.1 Å². The number of benzene rings is 2. The Morgan fingerprint density at radius 3 is 2.53 bits per heavy atom. The summed E-state index contributed by atoms with van der Waals surface area (Å²) in [6, 6.07) is 14.2. The smallest absolute Gasteiger partial charge is 0.209 e. The summed E-state index contributed by atoms with van der Waals surface area (Å²) in [5.41, 5.74) is 1.97. The van der Waals surface area contributed by atoms with E-state index >= 15 is 0 Å². The van der Waals surface area contributed by atoms with Gasteiger partial charge in [0.25, 0.3) is 0 Å². The lowest BCUT2D eigenvalue weighted by Gasteiger charge is -1.98. The third kappa shape index (κ3) is 2.37. The molecule has 0 aliphatic heterocycles. The second kappa shape index (κ2) is 4.72. The van der Waals surface area contributed by atoms with Gasteiger partial charge in [-0.25, -0.2) is 0 Å². The van der Waals surface area contributed by atoms with Crippen LogP contribution in [0.2, 0.25) is 10.0 Å². The molecule has 0 aliphatic rings. The molecule has 0 spiro atoms. The Labute approximate surface area is 120 Å². The van der Waals surface area contributed by atoms with Gasteiger partial charge in [-0.3, -0.25) is 4.79 Å². The summed E-state index contributed by atoms with van der Waals surface area (Å²) < 4.78 is 0. The van der Waals surface area contributed by atoms with Crippen LogP contribution in [0.4, 0.5) is 0 Å². The van der Waals surface area contributed by atoms with Crippen LogP contribution in [-0.2, 0) is 0 Å². The number of halogens is 2. The van der Waals surface area contributed by atoms with Crippen LogP contribution < -0.4 is 0 Å². The molecule has 0 amide bonds. The van der Waals surface area contributed by atoms with E-state index in [1.54, 1.807) is 36.4 Å². The lowest BCUT2D eigenvalue weighted by atomic mass is 10.1. The molecule has 1 aromatic heterocycles. The number of aromatic nitrogens is 1. The van der Waals surface area contributed by atoms with Crippen molar-refractivity contribution in [3.8, 4) is 0 Å². The molecule has 1 N–H and O–H groups in total. The van der Waals surface area contributed by atoms with Crippen LogP contribution in [0.3, 0.4) is 0 Å². The van der Waals surface area contributed by atoms with Gasteiger partial charge in [0.1, 0.15) is 0 Å². The van der Waals surface area contributed by atoms with Crippen LogP contribution >= 0.6 is 23.2 Å². The highest BCUT2D eigenvalue weighted by Gasteiger charge is 2.12. The third-order valence-corrected chi connectivity index (χ3v) is 3.38. The summed E-state index contributed by atoms with van der Waals surface area (Å²) in [5.74, 6) is -0.0881. The first-order chi connectivity index (χ1) is 9.13. The maximum absolute atomic E-state index is 12.3. The van der Waals surface area contributed by atoms with E-state index < -0.39 is 0 Å². The van der Waals surface area contributed by atoms with Gasteiger partial charge in [-0.2, -0.15) is 0 Å². The molecular formula is C15H9Cl2NO. The first kappa shape index (κ1) is 12.3. The fraction of sp³-hybridized carbons (Fsp3) is 0. The first-order valence-electron chi connectivity index (χ1n) is 5.72. The van der Waals surface area contributed by atoms with E-state index in [4.69, 9.17) is 23.2 Å². The summed E-state index contributed by atoms with van der Waals surface area (Å²) >= 11 is 11.8. The number of hydrogen-bond acceptors (Lipinski definition) is 1. The molecule has 0 saturated carbocycles. The molecule has 0 saturated heterocycles. The predicted octanol–water partition coefficient (Wildman–Crippen LogP) is 4.71. The lowest BCUT2D eigenvalue weighted by Crippen LogP contribution is -2.01. The Bertz CT molecular complexity index is 777. The number of fused-ring (bicyclic) bond motifs is 1. The minimum atomic E-state index is -0.0881. The molecule has 0 radical (unpaired) electrons. The standard InChI is InChI=1S/C15H9Cl2NO/c16-11-3-1-2-9(6-11)15(19)14-8-10-7-12(17)4-5-13(10)18-14/h1-8,18H. The van der Waals surface area contributed by atoms with Crippen molar-refractivity contribution in [2.24, 2.45) is 0 Å². The quantitative estimate of drug-likeness (QED) is 0.681. The number of aromatic amines is 1. The molecule has 19 heavy (non-hydrogen) atoms. The van der Waals surface area contributed by atoms with Gasteiger partial charge in [-0.1, -0.05) is 35.3 Å². The number of rotatable bonds is 2. The van der Waals surface area contributed by atoms with E-state index in [0.717, 1.165) is 10.9 Å². The molecular weight excluding hydrogens is 281 g/mol. The second-order valence-corrected chi connectivity index (χ2v) is 5.13. The first-order valence-corrected chi connectivity index (χ1v) is 6.47. The van der Waals surface area contributed by atoms with Crippen LogP contribution in [0.5, 0.6) is 0 Å². The maximum atomic E-state index is 12.3. The van der Waals surface area contributed by atoms with Crippen LogP contribution in [0, 0.1) is 0 Å². The molecule has 94 valence electrons. The fourth-order valence-electron chi connectivity index (χ4n) is 2.01. The summed E-state index contributed by atoms with van der Waals surface area (Å²) in [5, 5.41) is 2.11. The van der Waals surface area contributed by atoms with Crippen molar-refractivity contribution in [2.75, 3.05) is 0 Å². The number of carbonyl (C=O) groups excluding carboxylic acids is 1. The zero-order chi connectivity index (χ0) is 13.4. The van der Waals surface area contributed by atoms with Crippen molar-refractivity contribution in [3.63, 3.8) is 0 Å². The molecule has 0 unspecified atom stereocenters.